The Morgan fingerprint density at radius 2 is 1.80 bits per heavy atom. The predicted molar refractivity (Wildman–Crippen MR) is 67.0 cm³/mol. The van der Waals surface area contributed by atoms with Crippen LogP contribution in [0.2, 0.25) is 0 Å². The van der Waals surface area contributed by atoms with Gasteiger partial charge in [-0.2, -0.15) is 0 Å². The Hall–Kier alpha value is -0.0800. The smallest absolute Gasteiger partial charge is 0.00951 e. The summed E-state index contributed by atoms with van der Waals surface area (Å²) in [6.45, 7) is 7.86. The largest absolute Gasteiger partial charge is 0.330 e. The average molecular weight is 212 g/mol. The zero-order chi connectivity index (χ0) is 11.1. The summed E-state index contributed by atoms with van der Waals surface area (Å²) in [5.41, 5.74) is 5.65. The summed E-state index contributed by atoms with van der Waals surface area (Å²) in [5.74, 6) is 0.913. The SMILES string of the molecule is CCN(CC)C1CCCC(CCN)CC1. The van der Waals surface area contributed by atoms with E-state index in [1.807, 2.05) is 0 Å². The Morgan fingerprint density at radius 1 is 1.07 bits per heavy atom. The second-order valence-corrected chi connectivity index (χ2v) is 4.83. The minimum absolute atomic E-state index is 0.850. The first-order valence-corrected chi connectivity index (χ1v) is 6.75. The molecule has 0 amide bonds. The van der Waals surface area contributed by atoms with Crippen molar-refractivity contribution < 1.29 is 0 Å². The molecule has 2 nitrogen and oxygen atoms in total. The van der Waals surface area contributed by atoms with Gasteiger partial charge in [0, 0.05) is 6.04 Å². The summed E-state index contributed by atoms with van der Waals surface area (Å²) in [6, 6.07) is 0.850. The summed E-state index contributed by atoms with van der Waals surface area (Å²) in [5, 5.41) is 0. The van der Waals surface area contributed by atoms with Crippen LogP contribution in [-0.4, -0.2) is 30.6 Å². The first-order chi connectivity index (χ1) is 7.31. The highest BCUT2D eigenvalue weighted by Crippen LogP contribution is 2.27. The van der Waals surface area contributed by atoms with Crippen LogP contribution in [0.3, 0.4) is 0 Å². The van der Waals surface area contributed by atoms with Gasteiger partial charge in [-0.1, -0.05) is 26.7 Å². The van der Waals surface area contributed by atoms with Gasteiger partial charge in [-0.15, -0.1) is 0 Å². The number of hydrogen-bond acceptors (Lipinski definition) is 2. The molecular formula is C13H28N2. The van der Waals surface area contributed by atoms with Crippen LogP contribution in [0.4, 0.5) is 0 Å². The van der Waals surface area contributed by atoms with Crippen LogP contribution in [0.25, 0.3) is 0 Å². The van der Waals surface area contributed by atoms with Gasteiger partial charge >= 0.3 is 0 Å². The molecule has 90 valence electrons. The molecule has 0 heterocycles. The Morgan fingerprint density at radius 3 is 2.40 bits per heavy atom. The van der Waals surface area contributed by atoms with E-state index in [4.69, 9.17) is 5.73 Å². The number of nitrogens with zero attached hydrogens (tertiary/aromatic N) is 1. The monoisotopic (exact) mass is 212 g/mol. The van der Waals surface area contributed by atoms with Crippen LogP contribution >= 0.6 is 0 Å². The Labute approximate surface area is 95.2 Å². The van der Waals surface area contributed by atoms with E-state index in [-0.39, 0.29) is 0 Å². The van der Waals surface area contributed by atoms with E-state index < -0.39 is 0 Å². The van der Waals surface area contributed by atoms with Crippen molar-refractivity contribution in [2.24, 2.45) is 11.7 Å². The fraction of sp³-hybridized carbons (Fsp3) is 1.00. The highest BCUT2D eigenvalue weighted by Gasteiger charge is 2.21. The van der Waals surface area contributed by atoms with E-state index in [1.165, 1.54) is 51.6 Å². The predicted octanol–water partition coefficient (Wildman–Crippen LogP) is 2.63. The summed E-state index contributed by atoms with van der Waals surface area (Å²) in [6.07, 6.45) is 8.26. The second kappa shape index (κ2) is 7.24. The first-order valence-electron chi connectivity index (χ1n) is 6.75. The Balaban J connectivity index is 2.37. The quantitative estimate of drug-likeness (QED) is 0.710. The molecule has 0 spiro atoms. The molecule has 0 saturated heterocycles. The molecule has 1 aliphatic carbocycles. The lowest BCUT2D eigenvalue weighted by Crippen LogP contribution is -2.34. The molecule has 1 aliphatic rings. The van der Waals surface area contributed by atoms with Crippen molar-refractivity contribution in [2.45, 2.75) is 58.4 Å². The van der Waals surface area contributed by atoms with E-state index in [9.17, 15) is 0 Å². The summed E-state index contributed by atoms with van der Waals surface area (Å²) in [7, 11) is 0. The molecule has 2 atom stereocenters. The highest BCUT2D eigenvalue weighted by molar-refractivity contribution is 4.76. The van der Waals surface area contributed by atoms with Crippen LogP contribution < -0.4 is 5.73 Å². The van der Waals surface area contributed by atoms with Gasteiger partial charge in [0.05, 0.1) is 0 Å². The molecule has 1 saturated carbocycles. The molecule has 2 unspecified atom stereocenters. The minimum Gasteiger partial charge on any atom is -0.330 e. The molecule has 0 aromatic rings. The maximum Gasteiger partial charge on any atom is 0.00951 e. The maximum atomic E-state index is 5.65. The maximum absolute atomic E-state index is 5.65. The van der Waals surface area contributed by atoms with Crippen molar-refractivity contribution in [3.05, 3.63) is 0 Å². The van der Waals surface area contributed by atoms with Crippen molar-refractivity contribution in [1.82, 2.24) is 4.90 Å². The third-order valence-electron chi connectivity index (χ3n) is 3.96. The minimum atomic E-state index is 0.850. The first kappa shape index (κ1) is 13.0. The third-order valence-corrected chi connectivity index (χ3v) is 3.96. The van der Waals surface area contributed by atoms with Crippen molar-refractivity contribution in [2.75, 3.05) is 19.6 Å². The van der Waals surface area contributed by atoms with E-state index >= 15 is 0 Å². The molecular weight excluding hydrogens is 184 g/mol. The normalized spacial score (nSPS) is 28.0. The van der Waals surface area contributed by atoms with Crippen molar-refractivity contribution >= 4 is 0 Å². The van der Waals surface area contributed by atoms with Crippen LogP contribution in [-0.2, 0) is 0 Å². The zero-order valence-electron chi connectivity index (χ0n) is 10.5. The topological polar surface area (TPSA) is 29.3 Å². The van der Waals surface area contributed by atoms with E-state index in [1.54, 1.807) is 0 Å². The van der Waals surface area contributed by atoms with Gasteiger partial charge in [0.2, 0.25) is 0 Å². The van der Waals surface area contributed by atoms with Crippen molar-refractivity contribution in [3.63, 3.8) is 0 Å². The number of hydrogen-bond donors (Lipinski definition) is 1. The number of nitrogens with two attached hydrogens (primary N) is 1. The van der Waals surface area contributed by atoms with Crippen LogP contribution in [0, 0.1) is 5.92 Å². The summed E-state index contributed by atoms with van der Waals surface area (Å²) in [4.78, 5) is 2.63. The van der Waals surface area contributed by atoms with Gasteiger partial charge in [-0.25, -0.2) is 0 Å². The average Bonchev–Trinajstić information content (AvgIpc) is 2.47. The Kier molecular flexibility index (Phi) is 6.26. The standard InChI is InChI=1S/C13H28N2/c1-3-15(4-2)13-7-5-6-12(8-9-13)10-11-14/h12-13H,3-11,14H2,1-2H3. The molecule has 0 aromatic heterocycles. The molecule has 0 aromatic carbocycles. The molecule has 0 radical (unpaired) electrons. The van der Waals surface area contributed by atoms with Gasteiger partial charge in [0.25, 0.3) is 0 Å². The molecule has 0 bridgehead atoms. The van der Waals surface area contributed by atoms with E-state index in [0.29, 0.717) is 0 Å². The zero-order valence-corrected chi connectivity index (χ0v) is 10.5. The lowest BCUT2D eigenvalue weighted by molar-refractivity contribution is 0.196. The molecule has 2 heteroatoms. The van der Waals surface area contributed by atoms with Gasteiger partial charge < -0.3 is 10.6 Å². The van der Waals surface area contributed by atoms with Gasteiger partial charge in [-0.3, -0.25) is 0 Å². The molecule has 15 heavy (non-hydrogen) atoms. The fourth-order valence-corrected chi connectivity index (χ4v) is 2.99. The van der Waals surface area contributed by atoms with E-state index in [2.05, 4.69) is 18.7 Å². The lowest BCUT2D eigenvalue weighted by atomic mass is 9.96. The molecule has 2 N–H and O–H groups in total. The highest BCUT2D eigenvalue weighted by atomic mass is 15.1. The summed E-state index contributed by atoms with van der Waals surface area (Å²) >= 11 is 0. The summed E-state index contributed by atoms with van der Waals surface area (Å²) < 4.78 is 0. The van der Waals surface area contributed by atoms with Crippen molar-refractivity contribution in [1.29, 1.82) is 0 Å². The third kappa shape index (κ3) is 4.12. The molecule has 1 rings (SSSR count). The van der Waals surface area contributed by atoms with E-state index in [0.717, 1.165) is 18.5 Å². The second-order valence-electron chi connectivity index (χ2n) is 4.83. The molecule has 0 aliphatic heterocycles. The van der Waals surface area contributed by atoms with Gasteiger partial charge in [-0.05, 0) is 51.2 Å². The van der Waals surface area contributed by atoms with Crippen molar-refractivity contribution in [3.8, 4) is 0 Å². The number of rotatable bonds is 5. The Bertz CT molecular complexity index is 155. The van der Waals surface area contributed by atoms with Crippen LogP contribution in [0.15, 0.2) is 0 Å². The van der Waals surface area contributed by atoms with Gasteiger partial charge in [0.1, 0.15) is 0 Å². The lowest BCUT2D eigenvalue weighted by Gasteiger charge is -2.28. The van der Waals surface area contributed by atoms with Gasteiger partial charge in [0.15, 0.2) is 0 Å². The van der Waals surface area contributed by atoms with Crippen LogP contribution in [0.5, 0.6) is 0 Å². The van der Waals surface area contributed by atoms with Crippen LogP contribution in [0.1, 0.15) is 52.4 Å². The molecule has 1 fully saturated rings. The fourth-order valence-electron chi connectivity index (χ4n) is 2.99.